The van der Waals surface area contributed by atoms with Crippen molar-refractivity contribution in [3.05, 3.63) is 10.6 Å². The highest BCUT2D eigenvalue weighted by Gasteiger charge is 2.25. The molecular formula is C16H25N5O2S. The minimum absolute atomic E-state index is 0.0439. The van der Waals surface area contributed by atoms with Gasteiger partial charge in [0.15, 0.2) is 5.13 Å². The van der Waals surface area contributed by atoms with Crippen LogP contribution in [-0.2, 0) is 13.0 Å². The molecule has 3 rings (SSSR count). The fraction of sp³-hybridized carbons (Fsp3) is 0.688. The number of amides is 4. The number of hydrogen-bond acceptors (Lipinski definition) is 4. The van der Waals surface area contributed by atoms with Crippen molar-refractivity contribution in [2.24, 2.45) is 0 Å². The summed E-state index contributed by atoms with van der Waals surface area (Å²) in [6.45, 7) is 5.11. The number of nitrogens with one attached hydrogen (secondary N) is 3. The highest BCUT2D eigenvalue weighted by molar-refractivity contribution is 7.15. The van der Waals surface area contributed by atoms with Crippen LogP contribution in [0.2, 0.25) is 0 Å². The third-order valence-corrected chi connectivity index (χ3v) is 5.34. The molecule has 1 saturated carbocycles. The summed E-state index contributed by atoms with van der Waals surface area (Å²) >= 11 is 1.46. The number of fused-ring (bicyclic) bond motifs is 1. The van der Waals surface area contributed by atoms with Crippen LogP contribution in [0.4, 0.5) is 14.7 Å². The van der Waals surface area contributed by atoms with Crippen molar-refractivity contribution in [3.63, 3.8) is 0 Å². The average Bonchev–Trinajstić information content (AvgIpc) is 3.14. The molecule has 1 fully saturated rings. The predicted molar refractivity (Wildman–Crippen MR) is 94.3 cm³/mol. The van der Waals surface area contributed by atoms with Crippen LogP contribution in [0.5, 0.6) is 0 Å². The van der Waals surface area contributed by atoms with Crippen LogP contribution in [0, 0.1) is 0 Å². The molecule has 7 nitrogen and oxygen atoms in total. The quantitative estimate of drug-likeness (QED) is 0.782. The molecule has 0 saturated heterocycles. The lowest BCUT2D eigenvalue weighted by Gasteiger charge is -2.27. The number of carbonyl (C=O) groups excluding carboxylic acids is 2. The van der Waals surface area contributed by atoms with Gasteiger partial charge in [0.2, 0.25) is 0 Å². The van der Waals surface area contributed by atoms with Crippen molar-refractivity contribution >= 4 is 28.5 Å². The number of carbonyl (C=O) groups is 2. The highest BCUT2D eigenvalue weighted by atomic mass is 32.1. The molecule has 1 aliphatic carbocycles. The summed E-state index contributed by atoms with van der Waals surface area (Å²) in [5.74, 6) is 0. The molecule has 0 spiro atoms. The van der Waals surface area contributed by atoms with Crippen LogP contribution in [0.3, 0.4) is 0 Å². The van der Waals surface area contributed by atoms with Gasteiger partial charge >= 0.3 is 12.1 Å². The minimum atomic E-state index is -0.178. The van der Waals surface area contributed by atoms with Gasteiger partial charge in [-0.2, -0.15) is 0 Å². The van der Waals surface area contributed by atoms with Gasteiger partial charge in [-0.25, -0.2) is 14.6 Å². The third kappa shape index (κ3) is 4.17. The number of urea groups is 2. The Labute approximate surface area is 146 Å². The maximum atomic E-state index is 12.1. The zero-order valence-corrected chi connectivity index (χ0v) is 15.0. The number of aromatic nitrogens is 1. The second-order valence-corrected chi connectivity index (χ2v) is 7.83. The van der Waals surface area contributed by atoms with E-state index in [4.69, 9.17) is 0 Å². The first-order chi connectivity index (χ1) is 11.5. The molecule has 0 aromatic carbocycles. The molecule has 2 aliphatic rings. The van der Waals surface area contributed by atoms with Crippen LogP contribution >= 0.6 is 11.3 Å². The summed E-state index contributed by atoms with van der Waals surface area (Å²) < 4.78 is 0. The van der Waals surface area contributed by atoms with E-state index >= 15 is 0 Å². The van der Waals surface area contributed by atoms with E-state index in [0.29, 0.717) is 18.2 Å². The summed E-state index contributed by atoms with van der Waals surface area (Å²) in [5.41, 5.74) is 0.991. The lowest BCUT2D eigenvalue weighted by atomic mass is 10.2. The molecule has 0 unspecified atom stereocenters. The zero-order valence-electron chi connectivity index (χ0n) is 14.2. The van der Waals surface area contributed by atoms with Gasteiger partial charge < -0.3 is 15.5 Å². The van der Waals surface area contributed by atoms with Crippen molar-refractivity contribution in [2.45, 2.75) is 64.6 Å². The van der Waals surface area contributed by atoms with Gasteiger partial charge in [0.05, 0.1) is 12.2 Å². The Balaban J connectivity index is 1.56. The molecule has 0 radical (unpaired) electrons. The van der Waals surface area contributed by atoms with Crippen molar-refractivity contribution < 1.29 is 9.59 Å². The van der Waals surface area contributed by atoms with Gasteiger partial charge in [0, 0.05) is 29.9 Å². The first-order valence-electron chi connectivity index (χ1n) is 8.63. The van der Waals surface area contributed by atoms with Crippen LogP contribution in [0.15, 0.2) is 0 Å². The van der Waals surface area contributed by atoms with Gasteiger partial charge in [-0.05, 0) is 26.7 Å². The Kier molecular flexibility index (Phi) is 5.23. The van der Waals surface area contributed by atoms with Gasteiger partial charge in [-0.1, -0.05) is 24.2 Å². The van der Waals surface area contributed by atoms with Crippen molar-refractivity contribution in [3.8, 4) is 0 Å². The number of thiazole rings is 1. The molecule has 1 aromatic heterocycles. The van der Waals surface area contributed by atoms with E-state index in [0.717, 1.165) is 29.8 Å². The van der Waals surface area contributed by atoms with Gasteiger partial charge in [0.25, 0.3) is 0 Å². The van der Waals surface area contributed by atoms with E-state index in [9.17, 15) is 9.59 Å². The molecule has 4 amide bonds. The largest absolute Gasteiger partial charge is 0.336 e. The Morgan fingerprint density at radius 3 is 2.75 bits per heavy atom. The van der Waals surface area contributed by atoms with Crippen molar-refractivity contribution in [2.75, 3.05) is 11.9 Å². The SMILES string of the molecule is CC(C)NC(=O)N1CCc2nc(NC(=O)NC3CCCC3)sc2C1. The number of rotatable bonds is 3. The van der Waals surface area contributed by atoms with Gasteiger partial charge in [-0.15, -0.1) is 0 Å². The third-order valence-electron chi connectivity index (χ3n) is 4.34. The maximum absolute atomic E-state index is 12.1. The molecule has 3 N–H and O–H groups in total. The Morgan fingerprint density at radius 1 is 1.29 bits per heavy atom. The summed E-state index contributed by atoms with van der Waals surface area (Å²) in [4.78, 5) is 31.5. The van der Waals surface area contributed by atoms with E-state index in [1.54, 1.807) is 4.90 Å². The lowest BCUT2D eigenvalue weighted by molar-refractivity contribution is 0.190. The number of anilines is 1. The predicted octanol–water partition coefficient (Wildman–Crippen LogP) is 2.68. The van der Waals surface area contributed by atoms with E-state index < -0.39 is 0 Å². The van der Waals surface area contributed by atoms with Crippen molar-refractivity contribution in [1.82, 2.24) is 20.5 Å². The second-order valence-electron chi connectivity index (χ2n) is 6.74. The fourth-order valence-electron chi connectivity index (χ4n) is 3.15. The first-order valence-corrected chi connectivity index (χ1v) is 9.44. The summed E-state index contributed by atoms with van der Waals surface area (Å²) in [6.07, 6.45) is 5.21. The number of nitrogens with zero attached hydrogens (tertiary/aromatic N) is 2. The Morgan fingerprint density at radius 2 is 2.04 bits per heavy atom. The molecular weight excluding hydrogens is 326 g/mol. The van der Waals surface area contributed by atoms with E-state index in [2.05, 4.69) is 20.9 Å². The average molecular weight is 351 g/mol. The second kappa shape index (κ2) is 7.38. The van der Waals surface area contributed by atoms with Crippen molar-refractivity contribution in [1.29, 1.82) is 0 Å². The standard InChI is InChI=1S/C16H25N5O2S/c1-10(2)17-16(23)21-8-7-12-13(9-21)24-15(19-12)20-14(22)18-11-5-3-4-6-11/h10-11H,3-9H2,1-2H3,(H,17,23)(H2,18,19,20,22). The van der Waals surface area contributed by atoms with E-state index in [1.807, 2.05) is 13.8 Å². The topological polar surface area (TPSA) is 86.4 Å². The van der Waals surface area contributed by atoms with Crippen LogP contribution in [-0.4, -0.2) is 40.6 Å². The Bertz CT molecular complexity index is 610. The highest BCUT2D eigenvalue weighted by Crippen LogP contribution is 2.28. The summed E-state index contributed by atoms with van der Waals surface area (Å²) in [6, 6.07) is 0.187. The molecule has 0 atom stereocenters. The van der Waals surface area contributed by atoms with Gasteiger partial charge in [-0.3, -0.25) is 5.32 Å². The van der Waals surface area contributed by atoms with E-state index in [1.165, 1.54) is 24.2 Å². The van der Waals surface area contributed by atoms with Gasteiger partial charge in [0.1, 0.15) is 0 Å². The molecule has 0 bridgehead atoms. The zero-order chi connectivity index (χ0) is 17.1. The Hall–Kier alpha value is -1.83. The lowest BCUT2D eigenvalue weighted by Crippen LogP contribution is -2.44. The molecule has 8 heteroatoms. The van der Waals surface area contributed by atoms with Crippen LogP contribution < -0.4 is 16.0 Å². The van der Waals surface area contributed by atoms with E-state index in [-0.39, 0.29) is 24.1 Å². The molecule has 1 aromatic rings. The molecule has 1 aliphatic heterocycles. The fourth-order valence-corrected chi connectivity index (χ4v) is 4.17. The minimum Gasteiger partial charge on any atom is -0.336 e. The first kappa shape index (κ1) is 17.0. The van der Waals surface area contributed by atoms with Crippen LogP contribution in [0.25, 0.3) is 0 Å². The monoisotopic (exact) mass is 351 g/mol. The maximum Gasteiger partial charge on any atom is 0.321 e. The molecule has 132 valence electrons. The summed E-state index contributed by atoms with van der Waals surface area (Å²) in [5, 5.41) is 9.37. The smallest absolute Gasteiger partial charge is 0.321 e. The molecule has 2 heterocycles. The normalized spacial score (nSPS) is 17.7. The molecule has 24 heavy (non-hydrogen) atoms. The van der Waals surface area contributed by atoms with Crippen LogP contribution in [0.1, 0.15) is 50.1 Å². The number of hydrogen-bond donors (Lipinski definition) is 3. The summed E-state index contributed by atoms with van der Waals surface area (Å²) in [7, 11) is 0.